The lowest BCUT2D eigenvalue weighted by atomic mass is 10.1. The lowest BCUT2D eigenvalue weighted by Gasteiger charge is -2.10. The molecule has 2 aromatic heterocycles. The Morgan fingerprint density at radius 2 is 1.35 bits per heavy atom. The summed E-state index contributed by atoms with van der Waals surface area (Å²) < 4.78 is 28.5. The van der Waals surface area contributed by atoms with Crippen LogP contribution in [0.4, 0.5) is 0 Å². The van der Waals surface area contributed by atoms with Gasteiger partial charge in [-0.3, -0.25) is 4.98 Å². The van der Waals surface area contributed by atoms with Crippen LogP contribution in [0.25, 0.3) is 32.7 Å². The maximum Gasteiger partial charge on any atom is 0.268 e. The summed E-state index contributed by atoms with van der Waals surface area (Å²) in [6, 6.07) is 23.7. The minimum atomic E-state index is -3.75. The third kappa shape index (κ3) is 2.01. The van der Waals surface area contributed by atoms with Gasteiger partial charge in [0.25, 0.3) is 10.0 Å². The van der Waals surface area contributed by atoms with Gasteiger partial charge >= 0.3 is 0 Å². The standard InChI is InChI=1S/C21H14N2O2S/c24-26(25,15-8-2-1-3-9-15)23-20-13-7-5-10-16(20)18-14-22-19-12-6-4-11-17(19)21(18)23/h1-14H. The molecule has 0 aliphatic heterocycles. The van der Waals surface area contributed by atoms with Gasteiger partial charge in [0.05, 0.1) is 21.4 Å². The fourth-order valence-corrected chi connectivity index (χ4v) is 5.06. The molecule has 5 aromatic rings. The molecule has 0 spiro atoms. The Hall–Kier alpha value is -3.18. The zero-order valence-corrected chi connectivity index (χ0v) is 14.5. The first kappa shape index (κ1) is 15.1. The topological polar surface area (TPSA) is 52.0 Å². The molecule has 0 aliphatic carbocycles. The lowest BCUT2D eigenvalue weighted by Crippen LogP contribution is -2.12. The van der Waals surface area contributed by atoms with E-state index in [0.29, 0.717) is 11.0 Å². The van der Waals surface area contributed by atoms with E-state index >= 15 is 0 Å². The largest absolute Gasteiger partial charge is 0.268 e. The normalized spacial score (nSPS) is 12.2. The van der Waals surface area contributed by atoms with Crippen molar-refractivity contribution in [2.75, 3.05) is 0 Å². The molecule has 0 aliphatic rings. The van der Waals surface area contributed by atoms with Crippen molar-refractivity contribution in [3.05, 3.63) is 85.1 Å². The molecule has 0 unspecified atom stereocenters. The van der Waals surface area contributed by atoms with Gasteiger partial charge in [0, 0.05) is 22.4 Å². The molecule has 0 atom stereocenters. The van der Waals surface area contributed by atoms with Crippen LogP contribution in [0.3, 0.4) is 0 Å². The maximum atomic E-state index is 13.5. The van der Waals surface area contributed by atoms with E-state index < -0.39 is 10.0 Å². The van der Waals surface area contributed by atoms with Crippen LogP contribution in [-0.4, -0.2) is 17.4 Å². The molecule has 0 bridgehead atoms. The van der Waals surface area contributed by atoms with Gasteiger partial charge in [-0.1, -0.05) is 54.6 Å². The highest BCUT2D eigenvalue weighted by Crippen LogP contribution is 2.35. The Morgan fingerprint density at radius 1 is 0.692 bits per heavy atom. The van der Waals surface area contributed by atoms with Gasteiger partial charge in [0.2, 0.25) is 0 Å². The molecular formula is C21H14N2O2S. The third-order valence-corrected chi connectivity index (χ3v) is 6.37. The average Bonchev–Trinajstić information content (AvgIpc) is 3.04. The summed E-state index contributed by atoms with van der Waals surface area (Å²) >= 11 is 0. The van der Waals surface area contributed by atoms with Gasteiger partial charge in [-0.05, 0) is 24.3 Å². The summed E-state index contributed by atoms with van der Waals surface area (Å²) in [5.74, 6) is 0. The predicted octanol–water partition coefficient (Wildman–Crippen LogP) is 4.58. The number of fused-ring (bicyclic) bond motifs is 5. The SMILES string of the molecule is O=S(=O)(c1ccccc1)n1c2ccccc2c2cnc3ccccc3c21. The molecule has 0 fully saturated rings. The second-order valence-electron chi connectivity index (χ2n) is 6.14. The van der Waals surface area contributed by atoms with Gasteiger partial charge in [-0.2, -0.15) is 0 Å². The van der Waals surface area contributed by atoms with Crippen LogP contribution in [-0.2, 0) is 10.0 Å². The van der Waals surface area contributed by atoms with Crippen LogP contribution < -0.4 is 0 Å². The second kappa shape index (κ2) is 5.41. The van der Waals surface area contributed by atoms with Crippen LogP contribution in [0.15, 0.2) is 90.0 Å². The van der Waals surface area contributed by atoms with Crippen molar-refractivity contribution in [1.82, 2.24) is 8.96 Å². The Balaban J connectivity index is 2.05. The highest BCUT2D eigenvalue weighted by molar-refractivity contribution is 7.90. The first-order chi connectivity index (χ1) is 12.7. The van der Waals surface area contributed by atoms with Crippen LogP contribution in [0, 0.1) is 0 Å². The zero-order valence-electron chi connectivity index (χ0n) is 13.7. The molecule has 0 saturated carbocycles. The van der Waals surface area contributed by atoms with E-state index in [1.54, 1.807) is 30.5 Å². The first-order valence-corrected chi connectivity index (χ1v) is 9.69. The number of benzene rings is 3. The number of hydrogen-bond donors (Lipinski definition) is 0. The Bertz CT molecular complexity index is 1390. The highest BCUT2D eigenvalue weighted by Gasteiger charge is 2.24. The van der Waals surface area contributed by atoms with E-state index in [1.807, 2.05) is 54.6 Å². The summed E-state index contributed by atoms with van der Waals surface area (Å²) in [7, 11) is -3.75. The van der Waals surface area contributed by atoms with Gasteiger partial charge in [-0.15, -0.1) is 0 Å². The Morgan fingerprint density at radius 3 is 2.15 bits per heavy atom. The van der Waals surface area contributed by atoms with E-state index in [4.69, 9.17) is 0 Å². The lowest BCUT2D eigenvalue weighted by molar-refractivity contribution is 0.590. The van der Waals surface area contributed by atoms with Gasteiger partial charge in [0.1, 0.15) is 0 Å². The molecule has 0 saturated heterocycles. The number of hydrogen-bond acceptors (Lipinski definition) is 3. The van der Waals surface area contributed by atoms with Gasteiger partial charge < -0.3 is 0 Å². The molecule has 2 heterocycles. The number of pyridine rings is 1. The van der Waals surface area contributed by atoms with Crippen molar-refractivity contribution in [3.63, 3.8) is 0 Å². The minimum absolute atomic E-state index is 0.267. The van der Waals surface area contributed by atoms with Crippen molar-refractivity contribution >= 4 is 42.7 Å². The average molecular weight is 358 g/mol. The summed E-state index contributed by atoms with van der Waals surface area (Å²) in [6.45, 7) is 0. The summed E-state index contributed by atoms with van der Waals surface area (Å²) in [5.41, 5.74) is 2.09. The molecule has 26 heavy (non-hydrogen) atoms. The quantitative estimate of drug-likeness (QED) is 0.464. The first-order valence-electron chi connectivity index (χ1n) is 8.25. The number of para-hydroxylation sites is 2. The molecule has 3 aromatic carbocycles. The van der Waals surface area contributed by atoms with Crippen molar-refractivity contribution < 1.29 is 8.42 Å². The van der Waals surface area contributed by atoms with Crippen molar-refractivity contribution in [2.45, 2.75) is 4.90 Å². The summed E-state index contributed by atoms with van der Waals surface area (Å²) in [4.78, 5) is 4.79. The predicted molar refractivity (Wildman–Crippen MR) is 104 cm³/mol. The van der Waals surface area contributed by atoms with Crippen LogP contribution in [0.2, 0.25) is 0 Å². The summed E-state index contributed by atoms with van der Waals surface area (Å²) in [6.07, 6.45) is 1.76. The molecular weight excluding hydrogens is 344 g/mol. The van der Waals surface area contributed by atoms with E-state index in [0.717, 1.165) is 21.7 Å². The van der Waals surface area contributed by atoms with Crippen molar-refractivity contribution in [3.8, 4) is 0 Å². The molecule has 0 amide bonds. The monoisotopic (exact) mass is 358 g/mol. The van der Waals surface area contributed by atoms with E-state index in [9.17, 15) is 8.42 Å². The highest BCUT2D eigenvalue weighted by atomic mass is 32.2. The molecule has 5 heteroatoms. The fraction of sp³-hybridized carbons (Fsp3) is 0. The maximum absolute atomic E-state index is 13.5. The molecule has 0 radical (unpaired) electrons. The third-order valence-electron chi connectivity index (χ3n) is 4.64. The molecule has 4 nitrogen and oxygen atoms in total. The van der Waals surface area contributed by atoms with Gasteiger partial charge in [-0.25, -0.2) is 12.4 Å². The van der Waals surface area contributed by atoms with Crippen LogP contribution >= 0.6 is 0 Å². The summed E-state index contributed by atoms with van der Waals surface area (Å²) in [5, 5.41) is 2.53. The smallest absolute Gasteiger partial charge is 0.255 e. The Kier molecular flexibility index (Phi) is 3.14. The van der Waals surface area contributed by atoms with Crippen LogP contribution in [0.1, 0.15) is 0 Å². The zero-order chi connectivity index (χ0) is 17.7. The molecule has 5 rings (SSSR count). The molecule has 126 valence electrons. The van der Waals surface area contributed by atoms with E-state index in [2.05, 4.69) is 4.98 Å². The van der Waals surface area contributed by atoms with Crippen LogP contribution in [0.5, 0.6) is 0 Å². The number of rotatable bonds is 2. The van der Waals surface area contributed by atoms with Crippen molar-refractivity contribution in [2.24, 2.45) is 0 Å². The fourth-order valence-electron chi connectivity index (χ4n) is 3.49. The minimum Gasteiger partial charge on any atom is -0.255 e. The number of aromatic nitrogens is 2. The van der Waals surface area contributed by atoms with E-state index in [-0.39, 0.29) is 4.90 Å². The van der Waals surface area contributed by atoms with Gasteiger partial charge in [0.15, 0.2) is 0 Å². The number of nitrogens with zero attached hydrogens (tertiary/aromatic N) is 2. The molecule has 0 N–H and O–H groups in total. The van der Waals surface area contributed by atoms with Crippen molar-refractivity contribution in [1.29, 1.82) is 0 Å². The van der Waals surface area contributed by atoms with E-state index in [1.165, 1.54) is 3.97 Å². The second-order valence-corrected chi connectivity index (χ2v) is 7.92. The Labute approximate surface area is 150 Å².